The summed E-state index contributed by atoms with van der Waals surface area (Å²) in [6.45, 7) is 1.42. The summed E-state index contributed by atoms with van der Waals surface area (Å²) in [6.07, 6.45) is 3.64. The fourth-order valence-corrected chi connectivity index (χ4v) is 4.06. The second-order valence-electron chi connectivity index (χ2n) is 7.99. The fourth-order valence-electron chi connectivity index (χ4n) is 4.06. The standard InChI is InChI=1S/C21H18F2N6O3/c1-9-13(4-11(5-14(9)22)18-27-19(32-28-18)12-7-15(12)23)21(20(25)31)8-26-16-6-10(17(24)30)2-3-29(16)21/h2-6,12,15H,7-8H2,1H3,(H2,24,30)(H2,25,31)/t12-,15-,21?/m0/s1. The molecule has 0 radical (unpaired) electrons. The number of carbonyl (C=O) groups excluding carboxylic acids is 2. The number of benzene rings is 1. The Labute approximate surface area is 180 Å². The molecule has 1 aliphatic carbocycles. The number of nitrogens with two attached hydrogens (primary N) is 2. The third-order valence-corrected chi connectivity index (χ3v) is 6.03. The van der Waals surface area contributed by atoms with Crippen LogP contribution in [-0.4, -0.2) is 45.4 Å². The first kappa shape index (κ1) is 20.0. The zero-order chi connectivity index (χ0) is 22.8. The molecular weight excluding hydrogens is 422 g/mol. The van der Waals surface area contributed by atoms with Gasteiger partial charge in [-0.1, -0.05) is 5.16 Å². The van der Waals surface area contributed by atoms with E-state index in [4.69, 9.17) is 16.0 Å². The van der Waals surface area contributed by atoms with Crippen molar-refractivity contribution in [2.24, 2.45) is 16.5 Å². The number of alkyl halides is 1. The van der Waals surface area contributed by atoms with Gasteiger partial charge in [-0.05, 0) is 48.8 Å². The second-order valence-corrected chi connectivity index (χ2v) is 7.99. The molecule has 9 nitrogen and oxygen atoms in total. The summed E-state index contributed by atoms with van der Waals surface area (Å²) in [5, 5.41) is 3.85. The molecule has 3 aliphatic rings. The molecule has 164 valence electrons. The van der Waals surface area contributed by atoms with Crippen molar-refractivity contribution in [1.82, 2.24) is 15.0 Å². The van der Waals surface area contributed by atoms with Crippen LogP contribution in [0.25, 0.3) is 11.4 Å². The van der Waals surface area contributed by atoms with Crippen molar-refractivity contribution < 1.29 is 22.9 Å². The number of hydrogen-bond acceptors (Lipinski definition) is 7. The van der Waals surface area contributed by atoms with Crippen LogP contribution < -0.4 is 11.5 Å². The molecule has 2 aromatic rings. The number of hydrogen-bond donors (Lipinski definition) is 2. The predicted octanol–water partition coefficient (Wildman–Crippen LogP) is 1.34. The van der Waals surface area contributed by atoms with Crippen molar-refractivity contribution in [3.63, 3.8) is 0 Å². The molecule has 1 aromatic heterocycles. The molecule has 32 heavy (non-hydrogen) atoms. The van der Waals surface area contributed by atoms with Crippen LogP contribution in [0.4, 0.5) is 8.78 Å². The van der Waals surface area contributed by atoms with Crippen LogP contribution in [0.2, 0.25) is 0 Å². The van der Waals surface area contributed by atoms with Gasteiger partial charge in [-0.2, -0.15) is 4.98 Å². The van der Waals surface area contributed by atoms with Crippen LogP contribution in [0, 0.1) is 12.7 Å². The number of rotatable bonds is 5. The summed E-state index contributed by atoms with van der Waals surface area (Å²) in [7, 11) is 0. The van der Waals surface area contributed by atoms with Crippen LogP contribution in [0.5, 0.6) is 0 Å². The van der Waals surface area contributed by atoms with E-state index in [9.17, 15) is 18.4 Å². The molecule has 11 heteroatoms. The van der Waals surface area contributed by atoms with Crippen molar-refractivity contribution in [3.05, 3.63) is 58.9 Å². The highest BCUT2D eigenvalue weighted by Gasteiger charge is 2.50. The van der Waals surface area contributed by atoms with Gasteiger partial charge in [-0.25, -0.2) is 8.78 Å². The maximum atomic E-state index is 15.0. The Morgan fingerprint density at radius 3 is 2.72 bits per heavy atom. The summed E-state index contributed by atoms with van der Waals surface area (Å²) in [5.74, 6) is -1.94. The van der Waals surface area contributed by atoms with Gasteiger partial charge in [0.1, 0.15) is 17.8 Å². The maximum Gasteiger partial charge on any atom is 0.250 e. The lowest BCUT2D eigenvalue weighted by Crippen LogP contribution is -2.54. The van der Waals surface area contributed by atoms with E-state index in [0.717, 1.165) is 0 Å². The van der Waals surface area contributed by atoms with Gasteiger partial charge in [-0.15, -0.1) is 0 Å². The van der Waals surface area contributed by atoms with Crippen molar-refractivity contribution >= 4 is 17.6 Å². The third kappa shape index (κ3) is 2.84. The maximum absolute atomic E-state index is 15.0. The molecular formula is C21H18F2N6O3. The zero-order valence-electron chi connectivity index (χ0n) is 16.9. The quantitative estimate of drug-likeness (QED) is 0.719. The summed E-state index contributed by atoms with van der Waals surface area (Å²) < 4.78 is 33.5. The number of amides is 2. The van der Waals surface area contributed by atoms with Gasteiger partial charge in [0, 0.05) is 17.3 Å². The van der Waals surface area contributed by atoms with Crippen molar-refractivity contribution in [1.29, 1.82) is 0 Å². The van der Waals surface area contributed by atoms with E-state index in [0.29, 0.717) is 12.3 Å². The van der Waals surface area contributed by atoms with Crippen LogP contribution in [0.3, 0.4) is 0 Å². The number of halogens is 2. The second kappa shape index (κ2) is 6.81. The minimum Gasteiger partial charge on any atom is -0.367 e. The normalized spacial score (nSPS) is 25.9. The molecule has 3 atom stereocenters. The van der Waals surface area contributed by atoms with Crippen LogP contribution in [-0.2, 0) is 15.1 Å². The van der Waals surface area contributed by atoms with Gasteiger partial charge in [0.05, 0.1) is 12.5 Å². The molecule has 0 spiro atoms. The van der Waals surface area contributed by atoms with Crippen molar-refractivity contribution in [2.45, 2.75) is 31.0 Å². The number of amidine groups is 1. The Hall–Kier alpha value is -3.89. The van der Waals surface area contributed by atoms with Gasteiger partial charge in [-0.3, -0.25) is 14.6 Å². The lowest BCUT2D eigenvalue weighted by atomic mass is 9.83. The van der Waals surface area contributed by atoms with Gasteiger partial charge in [0.15, 0.2) is 5.54 Å². The Kier molecular flexibility index (Phi) is 4.26. The van der Waals surface area contributed by atoms with Crippen molar-refractivity contribution in [2.75, 3.05) is 6.54 Å². The van der Waals surface area contributed by atoms with Crippen molar-refractivity contribution in [3.8, 4) is 11.4 Å². The zero-order valence-corrected chi connectivity index (χ0v) is 16.9. The summed E-state index contributed by atoms with van der Waals surface area (Å²) in [6, 6.07) is 2.77. The first-order chi connectivity index (χ1) is 15.2. The Balaban J connectivity index is 1.60. The molecule has 1 aromatic carbocycles. The molecule has 0 bridgehead atoms. The minimum atomic E-state index is -1.54. The number of carbonyl (C=O) groups is 2. The van der Waals surface area contributed by atoms with E-state index >= 15 is 0 Å². The Morgan fingerprint density at radius 1 is 1.31 bits per heavy atom. The predicted molar refractivity (Wildman–Crippen MR) is 108 cm³/mol. The fraction of sp³-hybridized carbons (Fsp3) is 0.286. The molecule has 1 saturated carbocycles. The molecule has 3 heterocycles. The monoisotopic (exact) mass is 440 g/mol. The number of fused-ring (bicyclic) bond motifs is 1. The van der Waals surface area contributed by atoms with Crippen LogP contribution in [0.1, 0.15) is 29.4 Å². The average Bonchev–Trinajstić information content (AvgIpc) is 3.16. The lowest BCUT2D eigenvalue weighted by molar-refractivity contribution is -0.126. The largest absolute Gasteiger partial charge is 0.367 e. The molecule has 1 fully saturated rings. The summed E-state index contributed by atoms with van der Waals surface area (Å²) in [4.78, 5) is 34.4. The minimum absolute atomic E-state index is 0.0723. The van der Waals surface area contributed by atoms with E-state index in [1.807, 2.05) is 0 Å². The van der Waals surface area contributed by atoms with E-state index in [1.54, 1.807) is 6.07 Å². The highest BCUT2D eigenvalue weighted by molar-refractivity contribution is 6.09. The Morgan fingerprint density at radius 2 is 2.06 bits per heavy atom. The molecule has 2 amide bonds. The van der Waals surface area contributed by atoms with Crippen LogP contribution >= 0.6 is 0 Å². The molecule has 5 rings (SSSR count). The first-order valence-electron chi connectivity index (χ1n) is 9.84. The number of primary amides is 2. The number of nitrogens with zero attached hydrogens (tertiary/aromatic N) is 4. The van der Waals surface area contributed by atoms with E-state index in [1.165, 1.54) is 36.2 Å². The molecule has 4 N–H and O–H groups in total. The van der Waals surface area contributed by atoms with E-state index < -0.39 is 35.3 Å². The lowest BCUT2D eigenvalue weighted by Gasteiger charge is -2.37. The smallest absolute Gasteiger partial charge is 0.250 e. The average molecular weight is 440 g/mol. The van der Waals surface area contributed by atoms with Crippen LogP contribution in [0.15, 0.2) is 45.6 Å². The topological polar surface area (TPSA) is 141 Å². The first-order valence-corrected chi connectivity index (χ1v) is 9.84. The highest BCUT2D eigenvalue weighted by Crippen LogP contribution is 2.44. The molecule has 1 unspecified atom stereocenters. The summed E-state index contributed by atoms with van der Waals surface area (Å²) in [5.41, 5.74) is 10.5. The number of aliphatic imine (C=N–C) groups is 1. The van der Waals surface area contributed by atoms with Gasteiger partial charge >= 0.3 is 0 Å². The highest BCUT2D eigenvalue weighted by atomic mass is 19.1. The van der Waals surface area contributed by atoms with Gasteiger partial charge in [0.2, 0.25) is 23.5 Å². The van der Waals surface area contributed by atoms with Gasteiger partial charge in [0.25, 0.3) is 0 Å². The summed E-state index contributed by atoms with van der Waals surface area (Å²) >= 11 is 0. The molecule has 0 saturated heterocycles. The molecule has 2 aliphatic heterocycles. The van der Waals surface area contributed by atoms with E-state index in [2.05, 4.69) is 15.1 Å². The Bertz CT molecular complexity index is 1270. The SMILES string of the molecule is Cc1c(F)cc(-c2noc([C@H]3C[C@@H]3F)n2)cc1C1(C(N)=O)CN=C2C=C(C(N)=O)C=CN21. The third-order valence-electron chi connectivity index (χ3n) is 6.03. The van der Waals surface area contributed by atoms with Gasteiger partial charge < -0.3 is 20.9 Å². The van der Waals surface area contributed by atoms with E-state index in [-0.39, 0.29) is 40.5 Å². The number of aromatic nitrogens is 2.